The Balaban J connectivity index is 2.44. The van der Waals surface area contributed by atoms with Crippen LogP contribution in [0.15, 0.2) is 24.5 Å². The molecule has 0 bridgehead atoms. The zero-order valence-corrected chi connectivity index (χ0v) is 8.40. The Kier molecular flexibility index (Phi) is 3.90. The summed E-state index contributed by atoms with van der Waals surface area (Å²) in [7, 11) is 0. The number of aromatic nitrogens is 1. The van der Waals surface area contributed by atoms with E-state index in [1.165, 1.54) is 5.56 Å². The van der Waals surface area contributed by atoms with Gasteiger partial charge in [0, 0.05) is 18.4 Å². The van der Waals surface area contributed by atoms with Crippen molar-refractivity contribution in [2.45, 2.75) is 38.6 Å². The molecule has 1 aromatic rings. The SMILES string of the molecule is CC(N)CCC(C)c1ccncc1. The second-order valence-electron chi connectivity index (χ2n) is 3.74. The quantitative estimate of drug-likeness (QED) is 0.768. The topological polar surface area (TPSA) is 38.9 Å². The number of hydrogen-bond donors (Lipinski definition) is 1. The Morgan fingerprint density at radius 3 is 2.38 bits per heavy atom. The Bertz CT molecular complexity index is 231. The number of hydrogen-bond acceptors (Lipinski definition) is 2. The van der Waals surface area contributed by atoms with Gasteiger partial charge in [0.1, 0.15) is 0 Å². The highest BCUT2D eigenvalue weighted by atomic mass is 14.6. The highest BCUT2D eigenvalue weighted by Crippen LogP contribution is 2.19. The molecule has 0 amide bonds. The van der Waals surface area contributed by atoms with Gasteiger partial charge >= 0.3 is 0 Å². The lowest BCUT2D eigenvalue weighted by Crippen LogP contribution is -2.15. The Labute approximate surface area is 80.2 Å². The van der Waals surface area contributed by atoms with Gasteiger partial charge in [0.15, 0.2) is 0 Å². The number of nitrogens with two attached hydrogens (primary N) is 1. The van der Waals surface area contributed by atoms with Gasteiger partial charge < -0.3 is 5.73 Å². The first-order chi connectivity index (χ1) is 6.20. The van der Waals surface area contributed by atoms with Gasteiger partial charge in [-0.1, -0.05) is 6.92 Å². The van der Waals surface area contributed by atoms with Crippen LogP contribution in [0.25, 0.3) is 0 Å². The standard InChI is InChI=1S/C11H18N2/c1-9(3-4-10(2)12)11-5-7-13-8-6-11/h5-10H,3-4,12H2,1-2H3. The molecule has 0 aliphatic rings. The molecule has 13 heavy (non-hydrogen) atoms. The van der Waals surface area contributed by atoms with E-state index in [2.05, 4.69) is 31.0 Å². The summed E-state index contributed by atoms with van der Waals surface area (Å²) in [6.45, 7) is 4.29. The first-order valence-corrected chi connectivity index (χ1v) is 4.85. The lowest BCUT2D eigenvalue weighted by atomic mass is 9.96. The smallest absolute Gasteiger partial charge is 0.0270 e. The molecule has 0 saturated carbocycles. The molecule has 1 aromatic heterocycles. The fourth-order valence-corrected chi connectivity index (χ4v) is 1.37. The van der Waals surface area contributed by atoms with E-state index >= 15 is 0 Å². The average molecular weight is 178 g/mol. The molecule has 2 atom stereocenters. The van der Waals surface area contributed by atoms with Crippen LogP contribution in [0.1, 0.15) is 38.2 Å². The van der Waals surface area contributed by atoms with Crippen LogP contribution in [0, 0.1) is 0 Å². The maximum absolute atomic E-state index is 5.71. The fourth-order valence-electron chi connectivity index (χ4n) is 1.37. The lowest BCUT2D eigenvalue weighted by Gasteiger charge is -2.12. The molecular weight excluding hydrogens is 160 g/mol. The van der Waals surface area contributed by atoms with Crippen LogP contribution in [-0.4, -0.2) is 11.0 Å². The van der Waals surface area contributed by atoms with Crippen LogP contribution in [0.4, 0.5) is 0 Å². The van der Waals surface area contributed by atoms with Crippen molar-refractivity contribution in [2.24, 2.45) is 5.73 Å². The van der Waals surface area contributed by atoms with E-state index in [9.17, 15) is 0 Å². The third kappa shape index (κ3) is 3.55. The summed E-state index contributed by atoms with van der Waals surface area (Å²) in [5.74, 6) is 0.592. The predicted octanol–water partition coefficient (Wildman–Crippen LogP) is 2.31. The van der Waals surface area contributed by atoms with E-state index < -0.39 is 0 Å². The van der Waals surface area contributed by atoms with E-state index in [0.29, 0.717) is 12.0 Å². The first-order valence-electron chi connectivity index (χ1n) is 4.85. The minimum atomic E-state index is 0.310. The van der Waals surface area contributed by atoms with Gasteiger partial charge in [0.25, 0.3) is 0 Å². The second-order valence-corrected chi connectivity index (χ2v) is 3.74. The van der Waals surface area contributed by atoms with Gasteiger partial charge in [-0.3, -0.25) is 4.98 Å². The average Bonchev–Trinajstić information content (AvgIpc) is 2.15. The van der Waals surface area contributed by atoms with E-state index in [4.69, 9.17) is 5.73 Å². The number of nitrogens with zero attached hydrogens (tertiary/aromatic N) is 1. The van der Waals surface area contributed by atoms with Gasteiger partial charge in [0.2, 0.25) is 0 Å². The molecule has 0 spiro atoms. The molecule has 0 fully saturated rings. The lowest BCUT2D eigenvalue weighted by molar-refractivity contribution is 0.568. The minimum absolute atomic E-state index is 0.310. The minimum Gasteiger partial charge on any atom is -0.328 e. The molecule has 72 valence electrons. The summed E-state index contributed by atoms with van der Waals surface area (Å²) < 4.78 is 0. The summed E-state index contributed by atoms with van der Waals surface area (Å²) in [4.78, 5) is 4.00. The third-order valence-electron chi connectivity index (χ3n) is 2.33. The fraction of sp³-hybridized carbons (Fsp3) is 0.545. The van der Waals surface area contributed by atoms with E-state index in [1.807, 2.05) is 12.4 Å². The molecule has 2 heteroatoms. The van der Waals surface area contributed by atoms with Crippen molar-refractivity contribution in [3.63, 3.8) is 0 Å². The molecule has 2 nitrogen and oxygen atoms in total. The maximum Gasteiger partial charge on any atom is 0.0270 e. The van der Waals surface area contributed by atoms with Gasteiger partial charge in [-0.15, -0.1) is 0 Å². The highest BCUT2D eigenvalue weighted by molar-refractivity contribution is 5.14. The van der Waals surface area contributed by atoms with Crippen molar-refractivity contribution >= 4 is 0 Å². The van der Waals surface area contributed by atoms with Crippen LogP contribution < -0.4 is 5.73 Å². The summed E-state index contributed by atoms with van der Waals surface area (Å²) >= 11 is 0. The number of pyridine rings is 1. The highest BCUT2D eigenvalue weighted by Gasteiger charge is 2.05. The van der Waals surface area contributed by atoms with Crippen LogP contribution in [-0.2, 0) is 0 Å². The van der Waals surface area contributed by atoms with Gasteiger partial charge in [-0.05, 0) is 43.4 Å². The summed E-state index contributed by atoms with van der Waals surface area (Å²) in [5, 5.41) is 0. The largest absolute Gasteiger partial charge is 0.328 e. The summed E-state index contributed by atoms with van der Waals surface area (Å²) in [6, 6.07) is 4.46. The van der Waals surface area contributed by atoms with E-state index in [-0.39, 0.29) is 0 Å². The Morgan fingerprint density at radius 1 is 1.23 bits per heavy atom. The van der Waals surface area contributed by atoms with Crippen molar-refractivity contribution in [2.75, 3.05) is 0 Å². The van der Waals surface area contributed by atoms with Crippen LogP contribution >= 0.6 is 0 Å². The van der Waals surface area contributed by atoms with Crippen molar-refractivity contribution < 1.29 is 0 Å². The normalized spacial score (nSPS) is 15.3. The molecule has 0 saturated heterocycles. The van der Waals surface area contributed by atoms with Crippen molar-refractivity contribution in [1.29, 1.82) is 0 Å². The Hall–Kier alpha value is -0.890. The van der Waals surface area contributed by atoms with Gasteiger partial charge in [0.05, 0.1) is 0 Å². The van der Waals surface area contributed by atoms with Crippen LogP contribution in [0.5, 0.6) is 0 Å². The van der Waals surface area contributed by atoms with Gasteiger partial charge in [-0.25, -0.2) is 0 Å². The maximum atomic E-state index is 5.71. The molecule has 0 aromatic carbocycles. The van der Waals surface area contributed by atoms with E-state index in [0.717, 1.165) is 12.8 Å². The number of rotatable bonds is 4. The van der Waals surface area contributed by atoms with Gasteiger partial charge in [-0.2, -0.15) is 0 Å². The molecule has 0 aliphatic carbocycles. The molecule has 0 aliphatic heterocycles. The molecule has 2 unspecified atom stereocenters. The second kappa shape index (κ2) is 4.97. The van der Waals surface area contributed by atoms with Crippen molar-refractivity contribution in [3.05, 3.63) is 30.1 Å². The zero-order chi connectivity index (χ0) is 9.68. The van der Waals surface area contributed by atoms with Crippen LogP contribution in [0.3, 0.4) is 0 Å². The molecule has 2 N–H and O–H groups in total. The summed E-state index contributed by atoms with van der Waals surface area (Å²) in [5.41, 5.74) is 7.06. The summed E-state index contributed by atoms with van der Waals surface area (Å²) in [6.07, 6.45) is 5.93. The molecule has 1 rings (SSSR count). The first kappa shape index (κ1) is 10.2. The predicted molar refractivity (Wildman–Crippen MR) is 55.5 cm³/mol. The van der Waals surface area contributed by atoms with Crippen molar-refractivity contribution in [3.8, 4) is 0 Å². The Morgan fingerprint density at radius 2 is 1.85 bits per heavy atom. The molecular formula is C11H18N2. The van der Waals surface area contributed by atoms with Crippen molar-refractivity contribution in [1.82, 2.24) is 4.98 Å². The third-order valence-corrected chi connectivity index (χ3v) is 2.33. The monoisotopic (exact) mass is 178 g/mol. The molecule has 0 radical (unpaired) electrons. The van der Waals surface area contributed by atoms with E-state index in [1.54, 1.807) is 0 Å². The zero-order valence-electron chi connectivity index (χ0n) is 8.40. The molecule has 1 heterocycles. The van der Waals surface area contributed by atoms with Crippen LogP contribution in [0.2, 0.25) is 0 Å².